The van der Waals surface area contributed by atoms with Gasteiger partial charge in [0.25, 0.3) is 0 Å². The summed E-state index contributed by atoms with van der Waals surface area (Å²) in [6.45, 7) is 6.82. The molecule has 1 N–H and O–H groups in total. The Hall–Kier alpha value is -1.06. The number of likely N-dealkylation sites (tertiary alicyclic amines) is 1. The van der Waals surface area contributed by atoms with Crippen LogP contribution in [0.5, 0.6) is 5.75 Å². The molecule has 3 nitrogen and oxygen atoms in total. The molecule has 2 unspecified atom stereocenters. The topological polar surface area (TPSA) is 24.5 Å². The molecule has 3 rings (SSSR count). The molecular formula is C17H26N2O. The predicted molar refractivity (Wildman–Crippen MR) is 82.3 cm³/mol. The maximum Gasteiger partial charge on any atom is 0.123 e. The standard InChI is InChI=1S/C17H26N2O/c1-12-4-7-16(17(10-12)20-3)13(2)18-14-8-9-19(11-14)15-5-6-15/h4,7,10,13-15,18H,5-6,8-9,11H2,1-3H3. The number of hydrogen-bond donors (Lipinski definition) is 1. The fourth-order valence-corrected chi connectivity index (χ4v) is 3.31. The lowest BCUT2D eigenvalue weighted by atomic mass is 10.0. The summed E-state index contributed by atoms with van der Waals surface area (Å²) in [5, 5.41) is 3.78. The van der Waals surface area contributed by atoms with E-state index in [1.807, 2.05) is 0 Å². The van der Waals surface area contributed by atoms with E-state index in [4.69, 9.17) is 4.74 Å². The minimum atomic E-state index is 0.342. The molecule has 2 atom stereocenters. The van der Waals surface area contributed by atoms with Crippen molar-refractivity contribution in [3.63, 3.8) is 0 Å². The smallest absolute Gasteiger partial charge is 0.123 e. The third-order valence-corrected chi connectivity index (χ3v) is 4.62. The fourth-order valence-electron chi connectivity index (χ4n) is 3.31. The molecular weight excluding hydrogens is 248 g/mol. The Labute approximate surface area is 122 Å². The lowest BCUT2D eigenvalue weighted by Gasteiger charge is -2.22. The van der Waals surface area contributed by atoms with E-state index in [0.29, 0.717) is 12.1 Å². The number of nitrogens with one attached hydrogen (secondary N) is 1. The molecule has 2 aliphatic rings. The summed E-state index contributed by atoms with van der Waals surface area (Å²) in [7, 11) is 1.76. The molecule has 0 spiro atoms. The largest absolute Gasteiger partial charge is 0.496 e. The Kier molecular flexibility index (Phi) is 3.99. The van der Waals surface area contributed by atoms with Crippen molar-refractivity contribution in [1.82, 2.24) is 10.2 Å². The Balaban J connectivity index is 1.62. The highest BCUT2D eigenvalue weighted by Crippen LogP contribution is 2.31. The van der Waals surface area contributed by atoms with Crippen LogP contribution in [0.3, 0.4) is 0 Å². The first-order chi connectivity index (χ1) is 9.67. The molecule has 0 aromatic heterocycles. The first-order valence-corrected chi connectivity index (χ1v) is 7.82. The van der Waals surface area contributed by atoms with Crippen LogP contribution < -0.4 is 10.1 Å². The van der Waals surface area contributed by atoms with Crippen molar-refractivity contribution >= 4 is 0 Å². The van der Waals surface area contributed by atoms with Crippen LogP contribution >= 0.6 is 0 Å². The van der Waals surface area contributed by atoms with Gasteiger partial charge in [-0.25, -0.2) is 0 Å². The Morgan fingerprint density at radius 1 is 1.30 bits per heavy atom. The summed E-state index contributed by atoms with van der Waals surface area (Å²) in [6, 6.07) is 8.34. The van der Waals surface area contributed by atoms with Crippen LogP contribution in [0.1, 0.15) is 43.4 Å². The number of ether oxygens (including phenoxy) is 1. The van der Waals surface area contributed by atoms with Crippen molar-refractivity contribution in [2.45, 2.75) is 51.2 Å². The molecule has 1 heterocycles. The normalized spacial score (nSPS) is 24.9. The van der Waals surface area contributed by atoms with Crippen molar-refractivity contribution < 1.29 is 4.74 Å². The number of methoxy groups -OCH3 is 1. The van der Waals surface area contributed by atoms with Crippen LogP contribution in [-0.2, 0) is 0 Å². The average Bonchev–Trinajstić information content (AvgIpc) is 3.19. The Morgan fingerprint density at radius 3 is 2.80 bits per heavy atom. The van der Waals surface area contributed by atoms with Gasteiger partial charge < -0.3 is 10.1 Å². The predicted octanol–water partition coefficient (Wildman–Crippen LogP) is 2.89. The second-order valence-electron chi connectivity index (χ2n) is 6.35. The van der Waals surface area contributed by atoms with Gasteiger partial charge in [0, 0.05) is 36.8 Å². The van der Waals surface area contributed by atoms with E-state index >= 15 is 0 Å². The van der Waals surface area contributed by atoms with E-state index in [-0.39, 0.29) is 0 Å². The van der Waals surface area contributed by atoms with Crippen molar-refractivity contribution in [1.29, 1.82) is 0 Å². The molecule has 3 heteroatoms. The second kappa shape index (κ2) is 5.74. The molecule has 1 saturated carbocycles. The van der Waals surface area contributed by atoms with Gasteiger partial charge in [0.05, 0.1) is 7.11 Å². The van der Waals surface area contributed by atoms with Gasteiger partial charge in [0.1, 0.15) is 5.75 Å². The van der Waals surface area contributed by atoms with Crippen LogP contribution in [0.4, 0.5) is 0 Å². The fraction of sp³-hybridized carbons (Fsp3) is 0.647. The molecule has 1 aliphatic heterocycles. The summed E-state index contributed by atoms with van der Waals surface area (Å²) in [5.74, 6) is 1.00. The summed E-state index contributed by atoms with van der Waals surface area (Å²) in [5.41, 5.74) is 2.52. The highest BCUT2D eigenvalue weighted by atomic mass is 16.5. The van der Waals surface area contributed by atoms with Gasteiger partial charge >= 0.3 is 0 Å². The first kappa shape index (κ1) is 13.9. The van der Waals surface area contributed by atoms with Crippen molar-refractivity contribution in [2.75, 3.05) is 20.2 Å². The number of nitrogens with zero attached hydrogens (tertiary/aromatic N) is 1. The zero-order valence-electron chi connectivity index (χ0n) is 12.9. The number of aryl methyl sites for hydroxylation is 1. The molecule has 0 bridgehead atoms. The second-order valence-corrected chi connectivity index (χ2v) is 6.35. The SMILES string of the molecule is COc1cc(C)ccc1C(C)NC1CCN(C2CC2)C1. The molecule has 1 aromatic rings. The lowest BCUT2D eigenvalue weighted by Crippen LogP contribution is -2.35. The third kappa shape index (κ3) is 2.99. The van der Waals surface area contributed by atoms with Crippen molar-refractivity contribution in [3.05, 3.63) is 29.3 Å². The molecule has 20 heavy (non-hydrogen) atoms. The molecule has 0 radical (unpaired) electrons. The highest BCUT2D eigenvalue weighted by molar-refractivity contribution is 5.39. The van der Waals surface area contributed by atoms with Crippen LogP contribution in [0.15, 0.2) is 18.2 Å². The van der Waals surface area contributed by atoms with E-state index in [9.17, 15) is 0 Å². The van der Waals surface area contributed by atoms with Gasteiger partial charge in [-0.15, -0.1) is 0 Å². The monoisotopic (exact) mass is 274 g/mol. The van der Waals surface area contributed by atoms with E-state index < -0.39 is 0 Å². The summed E-state index contributed by atoms with van der Waals surface area (Å²) < 4.78 is 5.53. The molecule has 1 saturated heterocycles. The van der Waals surface area contributed by atoms with Crippen molar-refractivity contribution in [3.8, 4) is 5.75 Å². The van der Waals surface area contributed by atoms with Gasteiger partial charge in [-0.3, -0.25) is 4.90 Å². The molecule has 110 valence electrons. The zero-order chi connectivity index (χ0) is 14.1. The molecule has 1 aromatic carbocycles. The lowest BCUT2D eigenvalue weighted by molar-refractivity contribution is 0.313. The number of hydrogen-bond acceptors (Lipinski definition) is 3. The number of benzene rings is 1. The van der Waals surface area contributed by atoms with Crippen LogP contribution in [-0.4, -0.2) is 37.2 Å². The van der Waals surface area contributed by atoms with Crippen LogP contribution in [0.25, 0.3) is 0 Å². The average molecular weight is 274 g/mol. The molecule has 1 aliphatic carbocycles. The minimum Gasteiger partial charge on any atom is -0.496 e. The van der Waals surface area contributed by atoms with E-state index in [1.165, 1.54) is 43.5 Å². The third-order valence-electron chi connectivity index (χ3n) is 4.62. The quantitative estimate of drug-likeness (QED) is 0.893. The van der Waals surface area contributed by atoms with E-state index in [1.54, 1.807) is 7.11 Å². The Morgan fingerprint density at radius 2 is 2.10 bits per heavy atom. The number of rotatable bonds is 5. The summed E-state index contributed by atoms with van der Waals surface area (Å²) in [6.07, 6.45) is 4.09. The van der Waals surface area contributed by atoms with Gasteiger partial charge in [0.2, 0.25) is 0 Å². The molecule has 2 fully saturated rings. The minimum absolute atomic E-state index is 0.342. The van der Waals surface area contributed by atoms with Crippen LogP contribution in [0.2, 0.25) is 0 Å². The first-order valence-electron chi connectivity index (χ1n) is 7.82. The maximum absolute atomic E-state index is 5.53. The van der Waals surface area contributed by atoms with Crippen LogP contribution in [0, 0.1) is 6.92 Å². The van der Waals surface area contributed by atoms with E-state index in [0.717, 1.165) is 11.8 Å². The van der Waals surface area contributed by atoms with Gasteiger partial charge in [-0.2, -0.15) is 0 Å². The zero-order valence-corrected chi connectivity index (χ0v) is 12.9. The van der Waals surface area contributed by atoms with Gasteiger partial charge in [0.15, 0.2) is 0 Å². The maximum atomic E-state index is 5.53. The van der Waals surface area contributed by atoms with Gasteiger partial charge in [-0.05, 0) is 44.7 Å². The molecule has 0 amide bonds. The Bertz CT molecular complexity index is 470. The van der Waals surface area contributed by atoms with Crippen molar-refractivity contribution in [2.24, 2.45) is 0 Å². The highest BCUT2D eigenvalue weighted by Gasteiger charge is 2.34. The summed E-state index contributed by atoms with van der Waals surface area (Å²) >= 11 is 0. The van der Waals surface area contributed by atoms with Gasteiger partial charge in [-0.1, -0.05) is 12.1 Å². The van der Waals surface area contributed by atoms with E-state index in [2.05, 4.69) is 42.3 Å². The summed E-state index contributed by atoms with van der Waals surface area (Å²) in [4.78, 5) is 2.65.